The third-order valence-corrected chi connectivity index (χ3v) is 12.7. The molecule has 0 N–H and O–H groups in total. The van der Waals surface area contributed by atoms with Crippen LogP contribution < -0.4 is 4.90 Å². The van der Waals surface area contributed by atoms with Crippen LogP contribution in [0.4, 0.5) is 17.1 Å². The van der Waals surface area contributed by atoms with Gasteiger partial charge < -0.3 is 4.90 Å². The number of thiophene rings is 1. The van der Waals surface area contributed by atoms with E-state index in [0.717, 1.165) is 17.1 Å². The predicted octanol–water partition coefficient (Wildman–Crippen LogP) is 16.5. The lowest BCUT2D eigenvalue weighted by Gasteiger charge is -2.28. The van der Waals surface area contributed by atoms with Gasteiger partial charge >= 0.3 is 0 Å². The molecule has 0 radical (unpaired) electrons. The van der Waals surface area contributed by atoms with Crippen LogP contribution in [0.3, 0.4) is 0 Å². The van der Waals surface area contributed by atoms with E-state index in [1.807, 2.05) is 11.3 Å². The van der Waals surface area contributed by atoms with Gasteiger partial charge in [0.2, 0.25) is 0 Å². The van der Waals surface area contributed by atoms with Gasteiger partial charge in [0, 0.05) is 37.1 Å². The highest BCUT2D eigenvalue weighted by atomic mass is 32.1. The number of hydrogen-bond acceptors (Lipinski definition) is 2. The maximum absolute atomic E-state index is 2.40. The van der Waals surface area contributed by atoms with Gasteiger partial charge in [0.1, 0.15) is 0 Å². The van der Waals surface area contributed by atoms with E-state index in [2.05, 4.69) is 229 Å². The molecule has 1 heterocycles. The van der Waals surface area contributed by atoms with Gasteiger partial charge in [0.15, 0.2) is 0 Å². The van der Waals surface area contributed by atoms with Crippen LogP contribution in [0.15, 0.2) is 224 Å². The molecule has 1 nitrogen and oxygen atoms in total. The van der Waals surface area contributed by atoms with Gasteiger partial charge in [-0.05, 0) is 115 Å². The van der Waals surface area contributed by atoms with Crippen molar-refractivity contribution < 1.29 is 0 Å². The summed E-state index contributed by atoms with van der Waals surface area (Å²) in [6.45, 7) is 0. The van der Waals surface area contributed by atoms with Crippen LogP contribution in [0.5, 0.6) is 0 Å². The minimum Gasteiger partial charge on any atom is -0.310 e. The molecule has 10 aromatic carbocycles. The molecular weight excluding hydrogens is 719 g/mol. The average molecular weight is 756 g/mol. The summed E-state index contributed by atoms with van der Waals surface area (Å²) in [5, 5.41) is 7.62. The molecule has 1 aromatic heterocycles. The van der Waals surface area contributed by atoms with Crippen LogP contribution in [-0.2, 0) is 0 Å². The van der Waals surface area contributed by atoms with Crippen molar-refractivity contribution in [2.45, 2.75) is 0 Å². The van der Waals surface area contributed by atoms with E-state index in [9.17, 15) is 0 Å². The molecule has 11 aromatic rings. The quantitative estimate of drug-likeness (QED) is 0.157. The molecule has 0 fully saturated rings. The molecule has 0 amide bonds. The van der Waals surface area contributed by atoms with Gasteiger partial charge in [0.05, 0.1) is 5.69 Å². The molecule has 0 saturated heterocycles. The third kappa shape index (κ3) is 6.12. The summed E-state index contributed by atoms with van der Waals surface area (Å²) in [4.78, 5) is 2.40. The fourth-order valence-electron chi connectivity index (χ4n) is 8.51. The predicted molar refractivity (Wildman–Crippen MR) is 251 cm³/mol. The van der Waals surface area contributed by atoms with Crippen molar-refractivity contribution in [1.29, 1.82) is 0 Å². The number of hydrogen-bond donors (Lipinski definition) is 0. The highest BCUT2D eigenvalue weighted by Crippen LogP contribution is 2.44. The second-order valence-corrected chi connectivity index (χ2v) is 16.0. The first-order valence-electron chi connectivity index (χ1n) is 19.8. The Labute approximate surface area is 342 Å². The summed E-state index contributed by atoms with van der Waals surface area (Å²) >= 11 is 1.88. The smallest absolute Gasteiger partial charge is 0.0540 e. The zero-order valence-electron chi connectivity index (χ0n) is 31.7. The summed E-state index contributed by atoms with van der Waals surface area (Å²) < 4.78 is 2.66. The maximum atomic E-state index is 2.40. The Hall–Kier alpha value is -7.26. The van der Waals surface area contributed by atoms with E-state index in [1.54, 1.807) is 0 Å². The highest BCUT2D eigenvalue weighted by molar-refractivity contribution is 7.26. The standard InChI is InChI=1S/C56H37NS/c1-3-13-42-35-45(25-23-38(42)11-1)41-29-33-49(34-30-41)57(54-21-7-5-17-50(54)47-26-24-39-12-2-4-14-43(39)37-47)48-31-27-40(28-32-48)44-15-9-16-46(36-44)51-19-10-20-53-52-18-6-8-22-55(52)58-56(51)53/h1-37H. The van der Waals surface area contributed by atoms with Crippen LogP contribution in [-0.4, -0.2) is 0 Å². The van der Waals surface area contributed by atoms with Gasteiger partial charge in [-0.15, -0.1) is 11.3 Å². The van der Waals surface area contributed by atoms with Crippen LogP contribution in [0, 0.1) is 0 Å². The lowest BCUT2D eigenvalue weighted by molar-refractivity contribution is 1.28. The largest absolute Gasteiger partial charge is 0.310 e. The van der Waals surface area contributed by atoms with Crippen molar-refractivity contribution in [2.75, 3.05) is 4.90 Å². The summed E-state index contributed by atoms with van der Waals surface area (Å²) in [5.41, 5.74) is 13.0. The Morgan fingerprint density at radius 1 is 0.293 bits per heavy atom. The van der Waals surface area contributed by atoms with Gasteiger partial charge in [0.25, 0.3) is 0 Å². The van der Waals surface area contributed by atoms with E-state index in [-0.39, 0.29) is 0 Å². The summed E-state index contributed by atoms with van der Waals surface area (Å²) in [6, 6.07) is 81.9. The van der Waals surface area contributed by atoms with E-state index in [1.165, 1.54) is 86.2 Å². The number of anilines is 3. The lowest BCUT2D eigenvalue weighted by Crippen LogP contribution is -2.11. The highest BCUT2D eigenvalue weighted by Gasteiger charge is 2.18. The molecule has 0 spiro atoms. The van der Waals surface area contributed by atoms with E-state index >= 15 is 0 Å². The third-order valence-electron chi connectivity index (χ3n) is 11.5. The summed E-state index contributed by atoms with van der Waals surface area (Å²) in [5.74, 6) is 0. The molecule has 0 atom stereocenters. The molecule has 58 heavy (non-hydrogen) atoms. The number of para-hydroxylation sites is 1. The van der Waals surface area contributed by atoms with Crippen LogP contribution >= 0.6 is 11.3 Å². The van der Waals surface area contributed by atoms with Crippen molar-refractivity contribution >= 4 is 70.1 Å². The van der Waals surface area contributed by atoms with Crippen LogP contribution in [0.25, 0.3) is 86.2 Å². The Morgan fingerprint density at radius 2 is 0.776 bits per heavy atom. The van der Waals surface area contributed by atoms with Crippen molar-refractivity contribution in [3.63, 3.8) is 0 Å². The van der Waals surface area contributed by atoms with Crippen LogP contribution in [0.2, 0.25) is 0 Å². The second kappa shape index (κ2) is 14.4. The van der Waals surface area contributed by atoms with Crippen molar-refractivity contribution in [1.82, 2.24) is 0 Å². The van der Waals surface area contributed by atoms with E-state index < -0.39 is 0 Å². The molecule has 0 aliphatic rings. The Kier molecular flexibility index (Phi) is 8.42. The molecule has 0 bridgehead atoms. The Balaban J connectivity index is 0.997. The SMILES string of the molecule is c1cc(-c2ccc(N(c3ccc(-c4ccc5ccccc5c4)cc3)c3ccccc3-c3ccc4ccccc4c3)cc2)cc(-c2cccc3c2sc2ccccc23)c1. The molecule has 272 valence electrons. The van der Waals surface area contributed by atoms with Crippen molar-refractivity contribution in [2.24, 2.45) is 0 Å². The second-order valence-electron chi connectivity index (χ2n) is 14.9. The summed E-state index contributed by atoms with van der Waals surface area (Å²) in [6.07, 6.45) is 0. The first-order chi connectivity index (χ1) is 28.7. The lowest BCUT2D eigenvalue weighted by atomic mass is 9.97. The Morgan fingerprint density at radius 3 is 1.50 bits per heavy atom. The molecule has 0 unspecified atom stereocenters. The maximum Gasteiger partial charge on any atom is 0.0540 e. The van der Waals surface area contributed by atoms with Gasteiger partial charge in [-0.1, -0.05) is 170 Å². The van der Waals surface area contributed by atoms with Gasteiger partial charge in [-0.2, -0.15) is 0 Å². The minimum absolute atomic E-state index is 1.10. The average Bonchev–Trinajstić information content (AvgIpc) is 3.69. The molecular formula is C56H37NS. The fourth-order valence-corrected chi connectivity index (χ4v) is 9.75. The monoisotopic (exact) mass is 755 g/mol. The van der Waals surface area contributed by atoms with Crippen molar-refractivity contribution in [3.05, 3.63) is 224 Å². The Bertz CT molecular complexity index is 3280. The van der Waals surface area contributed by atoms with Crippen LogP contribution in [0.1, 0.15) is 0 Å². The molecule has 0 aliphatic carbocycles. The number of fused-ring (bicyclic) bond motifs is 5. The van der Waals surface area contributed by atoms with E-state index in [0.29, 0.717) is 0 Å². The molecule has 11 rings (SSSR count). The first-order valence-corrected chi connectivity index (χ1v) is 20.6. The minimum atomic E-state index is 1.10. The fraction of sp³-hybridized carbons (Fsp3) is 0. The normalized spacial score (nSPS) is 11.4. The summed E-state index contributed by atoms with van der Waals surface area (Å²) in [7, 11) is 0. The number of nitrogens with zero attached hydrogens (tertiary/aromatic N) is 1. The number of benzene rings is 10. The molecule has 0 saturated carbocycles. The van der Waals surface area contributed by atoms with Gasteiger partial charge in [-0.25, -0.2) is 0 Å². The zero-order chi connectivity index (χ0) is 38.4. The van der Waals surface area contributed by atoms with E-state index in [4.69, 9.17) is 0 Å². The number of rotatable bonds is 7. The van der Waals surface area contributed by atoms with Crippen molar-refractivity contribution in [3.8, 4) is 44.5 Å². The van der Waals surface area contributed by atoms with Gasteiger partial charge in [-0.3, -0.25) is 0 Å². The molecule has 2 heteroatoms. The molecule has 0 aliphatic heterocycles. The first kappa shape index (κ1) is 34.0. The zero-order valence-corrected chi connectivity index (χ0v) is 32.5. The topological polar surface area (TPSA) is 3.24 Å².